The van der Waals surface area contributed by atoms with Crippen LogP contribution in [0.2, 0.25) is 0 Å². The zero-order chi connectivity index (χ0) is 17.1. The normalized spacial score (nSPS) is 20.9. The maximum Gasteiger partial charge on any atom is 0.239 e. The van der Waals surface area contributed by atoms with Crippen molar-refractivity contribution in [2.24, 2.45) is 5.73 Å². The van der Waals surface area contributed by atoms with Crippen LogP contribution in [0.15, 0.2) is 29.6 Å². The minimum atomic E-state index is -0.235. The predicted molar refractivity (Wildman–Crippen MR) is 97.5 cm³/mol. The van der Waals surface area contributed by atoms with Gasteiger partial charge in [-0.3, -0.25) is 4.79 Å². The zero-order valence-corrected chi connectivity index (χ0v) is 14.7. The number of anilines is 2. The molecule has 0 saturated carbocycles. The van der Waals surface area contributed by atoms with Crippen LogP contribution in [-0.4, -0.2) is 42.7 Å². The lowest BCUT2D eigenvalue weighted by molar-refractivity contribution is -0.114. The Morgan fingerprint density at radius 1 is 1.42 bits per heavy atom. The first-order valence-electron chi connectivity index (χ1n) is 8.01. The molecule has 0 bridgehead atoms. The second-order valence-corrected chi connectivity index (χ2v) is 6.86. The van der Waals surface area contributed by atoms with Gasteiger partial charge in [-0.2, -0.15) is 0 Å². The van der Waals surface area contributed by atoms with Crippen molar-refractivity contribution < 1.29 is 9.53 Å². The highest BCUT2D eigenvalue weighted by Gasteiger charge is 2.22. The summed E-state index contributed by atoms with van der Waals surface area (Å²) < 4.78 is 5.80. The Bertz CT molecular complexity index is 708. The van der Waals surface area contributed by atoms with Crippen molar-refractivity contribution in [2.75, 3.05) is 29.9 Å². The number of benzene rings is 1. The molecule has 2 atom stereocenters. The van der Waals surface area contributed by atoms with E-state index in [0.29, 0.717) is 5.13 Å². The van der Waals surface area contributed by atoms with Gasteiger partial charge in [0.15, 0.2) is 5.13 Å². The third-order valence-electron chi connectivity index (χ3n) is 3.86. The van der Waals surface area contributed by atoms with Crippen molar-refractivity contribution in [3.63, 3.8) is 0 Å². The molecule has 2 heterocycles. The van der Waals surface area contributed by atoms with E-state index in [1.54, 1.807) is 0 Å². The first kappa shape index (κ1) is 16.9. The van der Waals surface area contributed by atoms with E-state index in [4.69, 9.17) is 10.5 Å². The number of carbonyl (C=O) groups excluding carboxylic acids is 1. The number of thiazole rings is 1. The quantitative estimate of drug-likeness (QED) is 0.888. The summed E-state index contributed by atoms with van der Waals surface area (Å²) in [5.41, 5.74) is 8.36. The molecule has 2 aromatic rings. The van der Waals surface area contributed by atoms with Gasteiger partial charge in [0.05, 0.1) is 24.4 Å². The smallest absolute Gasteiger partial charge is 0.239 e. The summed E-state index contributed by atoms with van der Waals surface area (Å²) in [5, 5.41) is 5.20. The van der Waals surface area contributed by atoms with Crippen LogP contribution in [0.5, 0.6) is 0 Å². The number of rotatable bonds is 4. The van der Waals surface area contributed by atoms with Gasteiger partial charge in [0.1, 0.15) is 0 Å². The van der Waals surface area contributed by atoms with E-state index in [9.17, 15) is 4.79 Å². The predicted octanol–water partition coefficient (Wildman–Crippen LogP) is 2.32. The van der Waals surface area contributed by atoms with Gasteiger partial charge in [0, 0.05) is 29.7 Å². The van der Waals surface area contributed by atoms with E-state index >= 15 is 0 Å². The molecule has 1 fully saturated rings. The zero-order valence-electron chi connectivity index (χ0n) is 13.9. The number of amides is 1. The molecule has 0 radical (unpaired) electrons. The summed E-state index contributed by atoms with van der Waals surface area (Å²) in [5.74, 6) is -0.235. The highest BCUT2D eigenvalue weighted by molar-refractivity contribution is 7.14. The highest BCUT2D eigenvalue weighted by Crippen LogP contribution is 2.29. The van der Waals surface area contributed by atoms with E-state index in [1.165, 1.54) is 11.3 Å². The fourth-order valence-corrected chi connectivity index (χ4v) is 3.62. The number of morpholine rings is 1. The van der Waals surface area contributed by atoms with E-state index in [-0.39, 0.29) is 24.7 Å². The van der Waals surface area contributed by atoms with E-state index in [2.05, 4.69) is 41.2 Å². The van der Waals surface area contributed by atoms with Crippen molar-refractivity contribution in [1.29, 1.82) is 0 Å². The average Bonchev–Trinajstić information content (AvgIpc) is 3.02. The summed E-state index contributed by atoms with van der Waals surface area (Å²) in [7, 11) is 0. The molecule has 3 N–H and O–H groups in total. The van der Waals surface area contributed by atoms with Crippen molar-refractivity contribution in [1.82, 2.24) is 4.98 Å². The lowest BCUT2D eigenvalue weighted by atomic mass is 10.1. The summed E-state index contributed by atoms with van der Waals surface area (Å²) in [6.07, 6.45) is 0.435. The Hall–Kier alpha value is -1.96. The van der Waals surface area contributed by atoms with E-state index < -0.39 is 0 Å². The third-order valence-corrected chi connectivity index (χ3v) is 4.62. The number of hydrogen-bond donors (Lipinski definition) is 2. The lowest BCUT2D eigenvalue weighted by Gasteiger charge is -2.37. The number of hydrogen-bond acceptors (Lipinski definition) is 6. The van der Waals surface area contributed by atoms with Crippen LogP contribution in [0.3, 0.4) is 0 Å². The number of ether oxygens (including phenoxy) is 1. The molecule has 0 aliphatic carbocycles. The van der Waals surface area contributed by atoms with Gasteiger partial charge in [-0.25, -0.2) is 4.98 Å². The second kappa shape index (κ2) is 7.29. The minimum absolute atomic E-state index is 0.0439. The first-order chi connectivity index (χ1) is 11.5. The van der Waals surface area contributed by atoms with Crippen LogP contribution >= 0.6 is 11.3 Å². The van der Waals surface area contributed by atoms with Crippen LogP contribution in [0.1, 0.15) is 13.8 Å². The standard InChI is InChI=1S/C17H22N4O2S/c1-11-8-21(9-12(2)23-11)14-5-3-4-13(6-14)15-10-24-17(19-15)20-16(22)7-18/h3-6,10-12H,7-9,18H2,1-2H3,(H,19,20,22)/t11-,12-/m0/s1. The first-order valence-corrected chi connectivity index (χ1v) is 8.89. The third kappa shape index (κ3) is 3.92. The van der Waals surface area contributed by atoms with Gasteiger partial charge in [0.25, 0.3) is 0 Å². The van der Waals surface area contributed by atoms with Crippen LogP contribution in [0.4, 0.5) is 10.8 Å². The Morgan fingerprint density at radius 3 is 2.88 bits per heavy atom. The molecule has 7 heteroatoms. The topological polar surface area (TPSA) is 80.5 Å². The molecule has 1 aromatic heterocycles. The Labute approximate surface area is 145 Å². The average molecular weight is 346 g/mol. The number of nitrogens with zero attached hydrogens (tertiary/aromatic N) is 2. The second-order valence-electron chi connectivity index (χ2n) is 6.00. The highest BCUT2D eigenvalue weighted by atomic mass is 32.1. The van der Waals surface area contributed by atoms with Gasteiger partial charge >= 0.3 is 0 Å². The molecule has 1 aromatic carbocycles. The fraction of sp³-hybridized carbons (Fsp3) is 0.412. The van der Waals surface area contributed by atoms with Crippen molar-refractivity contribution >= 4 is 28.1 Å². The molecule has 0 spiro atoms. The van der Waals surface area contributed by atoms with Gasteiger partial charge < -0.3 is 20.7 Å². The monoisotopic (exact) mass is 346 g/mol. The molecule has 1 aliphatic heterocycles. The maximum atomic E-state index is 11.4. The van der Waals surface area contributed by atoms with Gasteiger partial charge in [-0.05, 0) is 26.0 Å². The molecular formula is C17H22N4O2S. The van der Waals surface area contributed by atoms with Gasteiger partial charge in [-0.15, -0.1) is 11.3 Å². The van der Waals surface area contributed by atoms with Crippen molar-refractivity contribution in [3.8, 4) is 11.3 Å². The van der Waals surface area contributed by atoms with E-state index in [1.807, 2.05) is 17.5 Å². The molecule has 1 amide bonds. The fourth-order valence-electron chi connectivity index (χ4n) is 2.88. The summed E-state index contributed by atoms with van der Waals surface area (Å²) in [6, 6.07) is 8.30. The molecule has 6 nitrogen and oxygen atoms in total. The molecular weight excluding hydrogens is 324 g/mol. The van der Waals surface area contributed by atoms with E-state index in [0.717, 1.165) is 30.0 Å². The number of nitrogens with one attached hydrogen (secondary N) is 1. The SMILES string of the molecule is C[C@H]1CN(c2cccc(-c3csc(NC(=O)CN)n3)c2)C[C@H](C)O1. The van der Waals surface area contributed by atoms with Crippen LogP contribution in [-0.2, 0) is 9.53 Å². The Balaban J connectivity index is 1.79. The summed E-state index contributed by atoms with van der Waals surface area (Å²) in [6.45, 7) is 5.90. The summed E-state index contributed by atoms with van der Waals surface area (Å²) in [4.78, 5) is 18.2. The molecule has 1 aliphatic rings. The molecule has 24 heavy (non-hydrogen) atoms. The Morgan fingerprint density at radius 2 is 2.17 bits per heavy atom. The van der Waals surface area contributed by atoms with Crippen molar-refractivity contribution in [2.45, 2.75) is 26.1 Å². The van der Waals surface area contributed by atoms with Gasteiger partial charge in [-0.1, -0.05) is 12.1 Å². The van der Waals surface area contributed by atoms with Crippen molar-refractivity contribution in [3.05, 3.63) is 29.6 Å². The Kier molecular flexibility index (Phi) is 5.13. The molecule has 128 valence electrons. The van der Waals surface area contributed by atoms with Crippen LogP contribution < -0.4 is 16.0 Å². The van der Waals surface area contributed by atoms with Gasteiger partial charge in [0.2, 0.25) is 5.91 Å². The number of aromatic nitrogens is 1. The number of carbonyl (C=O) groups is 1. The molecule has 3 rings (SSSR count). The number of nitrogens with two attached hydrogens (primary N) is 1. The van der Waals surface area contributed by atoms with Crippen LogP contribution in [0.25, 0.3) is 11.3 Å². The minimum Gasteiger partial charge on any atom is -0.372 e. The molecule has 0 unspecified atom stereocenters. The van der Waals surface area contributed by atoms with Crippen LogP contribution in [0, 0.1) is 0 Å². The summed E-state index contributed by atoms with van der Waals surface area (Å²) >= 11 is 1.40. The molecule has 1 saturated heterocycles. The largest absolute Gasteiger partial charge is 0.372 e. The maximum absolute atomic E-state index is 11.4. The lowest BCUT2D eigenvalue weighted by Crippen LogP contribution is -2.45.